The molecule has 4 rings (SSSR count). The van der Waals surface area contributed by atoms with E-state index in [1.165, 1.54) is 7.11 Å². The molecule has 0 aliphatic rings. The third kappa shape index (κ3) is 3.94. The highest BCUT2D eigenvalue weighted by molar-refractivity contribution is 6.09. The SMILES string of the molecule is COC(=O)[C@@H](NC(=O)c1cc(-c2ccccc2)cc2ccccc12)c1ccccc1. The van der Waals surface area contributed by atoms with Crippen molar-refractivity contribution in [1.29, 1.82) is 0 Å². The minimum absolute atomic E-state index is 0.330. The summed E-state index contributed by atoms with van der Waals surface area (Å²) in [6, 6.07) is 29.8. The molecular weight excluding hydrogens is 374 g/mol. The fourth-order valence-electron chi connectivity index (χ4n) is 3.55. The number of benzene rings is 4. The van der Waals surface area contributed by atoms with E-state index in [0.717, 1.165) is 21.9 Å². The molecule has 30 heavy (non-hydrogen) atoms. The lowest BCUT2D eigenvalue weighted by molar-refractivity contribution is -0.143. The van der Waals surface area contributed by atoms with Crippen molar-refractivity contribution in [3.8, 4) is 11.1 Å². The van der Waals surface area contributed by atoms with Crippen LogP contribution in [0.3, 0.4) is 0 Å². The Kier molecular flexibility index (Phi) is 5.57. The van der Waals surface area contributed by atoms with Gasteiger partial charge in [-0.3, -0.25) is 4.79 Å². The smallest absolute Gasteiger partial charge is 0.333 e. The number of nitrogens with one attached hydrogen (secondary N) is 1. The maximum atomic E-state index is 13.3. The summed E-state index contributed by atoms with van der Waals surface area (Å²) in [4.78, 5) is 25.7. The van der Waals surface area contributed by atoms with Gasteiger partial charge >= 0.3 is 5.97 Å². The number of esters is 1. The standard InChI is InChI=1S/C26H21NO3/c1-30-26(29)24(19-12-6-3-7-13-19)27-25(28)23-17-21(18-10-4-2-5-11-18)16-20-14-8-9-15-22(20)23/h2-17,24H,1H3,(H,27,28)/t24-/m0/s1. The summed E-state index contributed by atoms with van der Waals surface area (Å²) in [5.41, 5.74) is 3.14. The quantitative estimate of drug-likeness (QED) is 0.476. The maximum Gasteiger partial charge on any atom is 0.333 e. The first-order valence-corrected chi connectivity index (χ1v) is 9.69. The zero-order valence-corrected chi connectivity index (χ0v) is 16.5. The summed E-state index contributed by atoms with van der Waals surface area (Å²) >= 11 is 0. The van der Waals surface area contributed by atoms with Gasteiger partial charge in [0, 0.05) is 5.56 Å². The average molecular weight is 395 g/mol. The van der Waals surface area contributed by atoms with Crippen LogP contribution < -0.4 is 5.32 Å². The molecule has 0 aliphatic heterocycles. The van der Waals surface area contributed by atoms with E-state index in [0.29, 0.717) is 11.1 Å². The first-order chi connectivity index (χ1) is 14.7. The second-order valence-electron chi connectivity index (χ2n) is 6.95. The van der Waals surface area contributed by atoms with Crippen LogP contribution in [-0.4, -0.2) is 19.0 Å². The third-order valence-electron chi connectivity index (χ3n) is 5.06. The van der Waals surface area contributed by atoms with Gasteiger partial charge in [-0.25, -0.2) is 4.79 Å². The number of hydrogen-bond acceptors (Lipinski definition) is 3. The lowest BCUT2D eigenvalue weighted by Crippen LogP contribution is -2.34. The van der Waals surface area contributed by atoms with Gasteiger partial charge in [-0.15, -0.1) is 0 Å². The highest BCUT2D eigenvalue weighted by atomic mass is 16.5. The van der Waals surface area contributed by atoms with E-state index in [1.807, 2.05) is 78.9 Å². The third-order valence-corrected chi connectivity index (χ3v) is 5.06. The molecule has 1 N–H and O–H groups in total. The van der Waals surface area contributed by atoms with Crippen LogP contribution in [0.2, 0.25) is 0 Å². The van der Waals surface area contributed by atoms with Gasteiger partial charge in [0.05, 0.1) is 7.11 Å². The van der Waals surface area contributed by atoms with Crippen LogP contribution in [0.4, 0.5) is 0 Å². The largest absolute Gasteiger partial charge is 0.467 e. The van der Waals surface area contributed by atoms with Gasteiger partial charge in [0.15, 0.2) is 6.04 Å². The molecule has 0 radical (unpaired) electrons. The van der Waals surface area contributed by atoms with Crippen molar-refractivity contribution in [2.45, 2.75) is 6.04 Å². The van der Waals surface area contributed by atoms with Gasteiger partial charge in [0.25, 0.3) is 5.91 Å². The molecule has 1 amide bonds. The van der Waals surface area contributed by atoms with Crippen molar-refractivity contribution < 1.29 is 14.3 Å². The molecule has 0 saturated heterocycles. The van der Waals surface area contributed by atoms with E-state index >= 15 is 0 Å². The highest BCUT2D eigenvalue weighted by Gasteiger charge is 2.25. The van der Waals surface area contributed by atoms with E-state index < -0.39 is 12.0 Å². The van der Waals surface area contributed by atoms with Gasteiger partial charge < -0.3 is 10.1 Å². The van der Waals surface area contributed by atoms with Crippen LogP contribution in [-0.2, 0) is 9.53 Å². The van der Waals surface area contributed by atoms with Crippen LogP contribution in [0.1, 0.15) is 22.0 Å². The Morgan fingerprint density at radius 3 is 2.10 bits per heavy atom. The van der Waals surface area contributed by atoms with Crippen LogP contribution in [0.5, 0.6) is 0 Å². The Labute approximate surface area is 175 Å². The number of amides is 1. The van der Waals surface area contributed by atoms with Gasteiger partial charge in [-0.1, -0.05) is 84.9 Å². The Bertz CT molecular complexity index is 1190. The van der Waals surface area contributed by atoms with E-state index in [2.05, 4.69) is 11.4 Å². The van der Waals surface area contributed by atoms with Gasteiger partial charge in [0.2, 0.25) is 0 Å². The second kappa shape index (κ2) is 8.62. The number of ether oxygens (including phenoxy) is 1. The van der Waals surface area contributed by atoms with Crippen molar-refractivity contribution in [2.24, 2.45) is 0 Å². The van der Waals surface area contributed by atoms with Crippen molar-refractivity contribution >= 4 is 22.6 Å². The van der Waals surface area contributed by atoms with Crippen molar-refractivity contribution in [2.75, 3.05) is 7.11 Å². The summed E-state index contributed by atoms with van der Waals surface area (Å²) < 4.78 is 4.93. The second-order valence-corrected chi connectivity index (χ2v) is 6.95. The molecule has 0 saturated carbocycles. The molecule has 4 aromatic rings. The molecule has 0 aromatic heterocycles. The molecule has 4 nitrogen and oxygen atoms in total. The van der Waals surface area contributed by atoms with Crippen LogP contribution in [0, 0.1) is 0 Å². The summed E-state index contributed by atoms with van der Waals surface area (Å²) in [6.07, 6.45) is 0. The van der Waals surface area contributed by atoms with Crippen LogP contribution in [0.15, 0.2) is 97.1 Å². The molecular formula is C26H21NO3. The highest BCUT2D eigenvalue weighted by Crippen LogP contribution is 2.28. The van der Waals surface area contributed by atoms with Crippen molar-refractivity contribution in [1.82, 2.24) is 5.32 Å². The predicted molar refractivity (Wildman–Crippen MR) is 118 cm³/mol. The minimum atomic E-state index is -0.886. The first kappa shape index (κ1) is 19.4. The van der Waals surface area contributed by atoms with Gasteiger partial charge in [-0.2, -0.15) is 0 Å². The lowest BCUT2D eigenvalue weighted by atomic mass is 9.96. The number of rotatable bonds is 5. The van der Waals surface area contributed by atoms with E-state index in [4.69, 9.17) is 4.74 Å². The molecule has 0 fully saturated rings. The molecule has 0 bridgehead atoms. The first-order valence-electron chi connectivity index (χ1n) is 9.69. The summed E-state index contributed by atoms with van der Waals surface area (Å²) in [7, 11) is 1.32. The molecule has 0 heterocycles. The Morgan fingerprint density at radius 2 is 1.40 bits per heavy atom. The van der Waals surface area contributed by atoms with E-state index in [1.54, 1.807) is 12.1 Å². The Hall–Kier alpha value is -3.92. The average Bonchev–Trinajstić information content (AvgIpc) is 2.82. The fourth-order valence-corrected chi connectivity index (χ4v) is 3.55. The molecule has 0 unspecified atom stereocenters. The summed E-state index contributed by atoms with van der Waals surface area (Å²) in [5, 5.41) is 4.64. The minimum Gasteiger partial charge on any atom is -0.467 e. The zero-order valence-electron chi connectivity index (χ0n) is 16.5. The lowest BCUT2D eigenvalue weighted by Gasteiger charge is -2.18. The Morgan fingerprint density at radius 1 is 0.767 bits per heavy atom. The molecule has 4 aromatic carbocycles. The maximum absolute atomic E-state index is 13.3. The predicted octanol–water partition coefficient (Wildman–Crippen LogP) is 5.15. The monoisotopic (exact) mass is 395 g/mol. The number of carbonyl (C=O) groups excluding carboxylic acids is 2. The molecule has 4 heteroatoms. The molecule has 0 aliphatic carbocycles. The summed E-state index contributed by atoms with van der Waals surface area (Å²) in [6.45, 7) is 0. The number of carbonyl (C=O) groups is 2. The number of methoxy groups -OCH3 is 1. The molecule has 148 valence electrons. The van der Waals surface area contributed by atoms with Gasteiger partial charge in [0.1, 0.15) is 0 Å². The zero-order chi connectivity index (χ0) is 20.9. The molecule has 1 atom stereocenters. The van der Waals surface area contributed by atoms with Crippen LogP contribution in [0.25, 0.3) is 21.9 Å². The van der Waals surface area contributed by atoms with E-state index in [9.17, 15) is 9.59 Å². The van der Waals surface area contributed by atoms with Crippen LogP contribution >= 0.6 is 0 Å². The normalized spacial score (nSPS) is 11.6. The van der Waals surface area contributed by atoms with Crippen molar-refractivity contribution in [3.63, 3.8) is 0 Å². The van der Waals surface area contributed by atoms with E-state index in [-0.39, 0.29) is 5.91 Å². The topological polar surface area (TPSA) is 55.4 Å². The number of fused-ring (bicyclic) bond motifs is 1. The van der Waals surface area contributed by atoms with Crippen molar-refractivity contribution in [3.05, 3.63) is 108 Å². The Balaban J connectivity index is 1.77. The van der Waals surface area contributed by atoms with Gasteiger partial charge in [-0.05, 0) is 39.6 Å². The summed E-state index contributed by atoms with van der Waals surface area (Å²) in [5.74, 6) is -0.846. The molecule has 0 spiro atoms. The fraction of sp³-hybridized carbons (Fsp3) is 0.0769. The number of hydrogen-bond donors (Lipinski definition) is 1.